The number of benzene rings is 1. The first kappa shape index (κ1) is 12.8. The van der Waals surface area contributed by atoms with E-state index in [1.165, 1.54) is 0 Å². The van der Waals surface area contributed by atoms with Crippen molar-refractivity contribution in [2.75, 3.05) is 18.5 Å². The zero-order valence-corrected chi connectivity index (χ0v) is 10.4. The lowest BCUT2D eigenvalue weighted by atomic mass is 10.1. The van der Waals surface area contributed by atoms with E-state index in [2.05, 4.69) is 6.07 Å². The van der Waals surface area contributed by atoms with Gasteiger partial charge in [-0.25, -0.2) is 0 Å². The molecule has 4 heteroatoms. The number of aliphatic hydroxyl groups is 1. The van der Waals surface area contributed by atoms with Crippen molar-refractivity contribution in [2.45, 2.75) is 19.4 Å². The number of likely N-dealkylation sites (N-methyl/N-ethyl adjacent to an activating group) is 1. The maximum Gasteiger partial charge on any atom is 0.101 e. The first-order valence-electron chi connectivity index (χ1n) is 4.96. The molecule has 1 aromatic carbocycles. The zero-order chi connectivity index (χ0) is 12.3. The predicted molar refractivity (Wildman–Crippen MR) is 65.7 cm³/mol. The first-order valence-corrected chi connectivity index (χ1v) is 5.34. The number of nitrogens with zero attached hydrogens (tertiary/aromatic N) is 2. The fourth-order valence-electron chi connectivity index (χ4n) is 1.60. The molecule has 0 aliphatic heterocycles. The molecule has 1 N–H and O–H groups in total. The third-order valence-corrected chi connectivity index (χ3v) is 2.35. The fraction of sp³-hybridized carbons (Fsp3) is 0.417. The number of halogens is 1. The molecule has 0 aliphatic carbocycles. The normalized spacial score (nSPS) is 11.0. The monoisotopic (exact) mass is 238 g/mol. The first-order chi connectivity index (χ1) is 7.33. The second-order valence-electron chi connectivity index (χ2n) is 4.44. The summed E-state index contributed by atoms with van der Waals surface area (Å²) < 4.78 is 0. The van der Waals surface area contributed by atoms with Crippen molar-refractivity contribution in [1.29, 1.82) is 5.26 Å². The summed E-state index contributed by atoms with van der Waals surface area (Å²) in [5, 5.41) is 19.2. The average Bonchev–Trinajstić information content (AvgIpc) is 2.14. The lowest BCUT2D eigenvalue weighted by molar-refractivity contribution is 0.0886. The minimum absolute atomic E-state index is 0.448. The second-order valence-corrected chi connectivity index (χ2v) is 4.88. The van der Waals surface area contributed by atoms with Crippen LogP contribution in [0.15, 0.2) is 18.2 Å². The van der Waals surface area contributed by atoms with Gasteiger partial charge in [-0.2, -0.15) is 5.26 Å². The summed E-state index contributed by atoms with van der Waals surface area (Å²) in [6, 6.07) is 7.24. The quantitative estimate of drug-likeness (QED) is 0.880. The summed E-state index contributed by atoms with van der Waals surface area (Å²) >= 11 is 5.81. The van der Waals surface area contributed by atoms with E-state index in [4.69, 9.17) is 16.9 Å². The molecule has 0 spiro atoms. The minimum atomic E-state index is -0.804. The predicted octanol–water partition coefficient (Wildman–Crippen LogP) is 2.42. The molecule has 0 atom stereocenters. The highest BCUT2D eigenvalue weighted by atomic mass is 35.5. The number of nitriles is 1. The van der Waals surface area contributed by atoms with Crippen molar-refractivity contribution in [3.63, 3.8) is 0 Å². The van der Waals surface area contributed by atoms with E-state index in [1.54, 1.807) is 32.0 Å². The third kappa shape index (κ3) is 3.41. The smallest absolute Gasteiger partial charge is 0.101 e. The van der Waals surface area contributed by atoms with E-state index in [0.717, 1.165) is 5.69 Å². The molecule has 0 aliphatic rings. The molecule has 0 bridgehead atoms. The van der Waals surface area contributed by atoms with Crippen molar-refractivity contribution in [2.24, 2.45) is 0 Å². The lowest BCUT2D eigenvalue weighted by Gasteiger charge is -2.27. The van der Waals surface area contributed by atoms with Gasteiger partial charge in [0, 0.05) is 18.6 Å². The average molecular weight is 239 g/mol. The largest absolute Gasteiger partial charge is 0.389 e. The Labute approximate surface area is 101 Å². The van der Waals surface area contributed by atoms with Crippen LogP contribution in [0.3, 0.4) is 0 Å². The molecular weight excluding hydrogens is 224 g/mol. The second kappa shape index (κ2) is 4.73. The summed E-state index contributed by atoms with van der Waals surface area (Å²) in [5.74, 6) is 0. The molecule has 0 fully saturated rings. The Bertz CT molecular complexity index is 418. The molecule has 1 rings (SSSR count). The molecule has 86 valence electrons. The van der Waals surface area contributed by atoms with E-state index in [1.807, 2.05) is 11.9 Å². The van der Waals surface area contributed by atoms with Crippen LogP contribution in [0.5, 0.6) is 0 Å². The van der Waals surface area contributed by atoms with Crippen LogP contribution >= 0.6 is 11.6 Å². The number of anilines is 1. The summed E-state index contributed by atoms with van der Waals surface area (Å²) in [6.07, 6.45) is 0. The van der Waals surface area contributed by atoms with Crippen molar-refractivity contribution < 1.29 is 5.11 Å². The molecule has 1 aromatic rings. The Morgan fingerprint density at radius 1 is 1.50 bits per heavy atom. The van der Waals surface area contributed by atoms with Crippen LogP contribution in [-0.2, 0) is 0 Å². The van der Waals surface area contributed by atoms with Gasteiger partial charge in [-0.1, -0.05) is 11.6 Å². The van der Waals surface area contributed by atoms with E-state index >= 15 is 0 Å². The number of hydrogen-bond acceptors (Lipinski definition) is 3. The minimum Gasteiger partial charge on any atom is -0.389 e. The SMILES string of the molecule is CN(CC(C)(C)O)c1ccc(Cl)cc1C#N. The van der Waals surface area contributed by atoms with Crippen molar-refractivity contribution in [1.82, 2.24) is 0 Å². The van der Waals surface area contributed by atoms with E-state index in [-0.39, 0.29) is 0 Å². The van der Waals surface area contributed by atoms with E-state index in [9.17, 15) is 5.11 Å². The molecule has 0 aromatic heterocycles. The van der Waals surface area contributed by atoms with Gasteiger partial charge < -0.3 is 10.0 Å². The Hall–Kier alpha value is -1.24. The maximum atomic E-state index is 9.72. The van der Waals surface area contributed by atoms with Gasteiger partial charge in [-0.15, -0.1) is 0 Å². The Kier molecular flexibility index (Phi) is 3.79. The van der Waals surface area contributed by atoms with Gasteiger partial charge in [0.15, 0.2) is 0 Å². The van der Waals surface area contributed by atoms with Gasteiger partial charge in [0.05, 0.1) is 16.9 Å². The van der Waals surface area contributed by atoms with Gasteiger partial charge >= 0.3 is 0 Å². The highest BCUT2D eigenvalue weighted by Gasteiger charge is 2.17. The van der Waals surface area contributed by atoms with Crippen LogP contribution in [0.1, 0.15) is 19.4 Å². The van der Waals surface area contributed by atoms with Gasteiger partial charge in [0.2, 0.25) is 0 Å². The molecule has 0 radical (unpaired) electrons. The number of hydrogen-bond donors (Lipinski definition) is 1. The fourth-order valence-corrected chi connectivity index (χ4v) is 1.77. The molecule has 0 amide bonds. The van der Waals surface area contributed by atoms with Gasteiger partial charge in [0.1, 0.15) is 6.07 Å². The van der Waals surface area contributed by atoms with Crippen molar-refractivity contribution in [3.8, 4) is 6.07 Å². The standard InChI is InChI=1S/C12H15ClN2O/c1-12(2,16)8-15(3)11-5-4-10(13)6-9(11)7-14/h4-6,16H,8H2,1-3H3. The van der Waals surface area contributed by atoms with Crippen LogP contribution in [0, 0.1) is 11.3 Å². The Morgan fingerprint density at radius 2 is 2.12 bits per heavy atom. The van der Waals surface area contributed by atoms with Crippen molar-refractivity contribution >= 4 is 17.3 Å². The summed E-state index contributed by atoms with van der Waals surface area (Å²) in [5.41, 5.74) is 0.481. The van der Waals surface area contributed by atoms with Gasteiger partial charge in [-0.3, -0.25) is 0 Å². The van der Waals surface area contributed by atoms with E-state index in [0.29, 0.717) is 17.1 Å². The highest BCUT2D eigenvalue weighted by molar-refractivity contribution is 6.30. The molecule has 3 nitrogen and oxygen atoms in total. The molecule has 0 saturated carbocycles. The van der Waals surface area contributed by atoms with Crippen LogP contribution in [0.2, 0.25) is 5.02 Å². The van der Waals surface area contributed by atoms with Crippen molar-refractivity contribution in [3.05, 3.63) is 28.8 Å². The topological polar surface area (TPSA) is 47.3 Å². The Balaban J connectivity index is 3.00. The molecule has 16 heavy (non-hydrogen) atoms. The zero-order valence-electron chi connectivity index (χ0n) is 9.66. The van der Waals surface area contributed by atoms with E-state index < -0.39 is 5.60 Å². The summed E-state index contributed by atoms with van der Waals surface area (Å²) in [6.45, 7) is 3.90. The molecular formula is C12H15ClN2O. The summed E-state index contributed by atoms with van der Waals surface area (Å²) in [7, 11) is 1.84. The van der Waals surface area contributed by atoms with Crippen LogP contribution in [-0.4, -0.2) is 24.3 Å². The Morgan fingerprint density at radius 3 is 2.62 bits per heavy atom. The molecule has 0 saturated heterocycles. The molecule has 0 heterocycles. The summed E-state index contributed by atoms with van der Waals surface area (Å²) in [4.78, 5) is 1.84. The lowest BCUT2D eigenvalue weighted by Crippen LogP contribution is -2.36. The molecule has 0 unspecified atom stereocenters. The van der Waals surface area contributed by atoms with Gasteiger partial charge in [0.25, 0.3) is 0 Å². The van der Waals surface area contributed by atoms with Gasteiger partial charge in [-0.05, 0) is 32.0 Å². The highest BCUT2D eigenvalue weighted by Crippen LogP contribution is 2.23. The third-order valence-electron chi connectivity index (χ3n) is 2.11. The van der Waals surface area contributed by atoms with Crippen LogP contribution in [0.4, 0.5) is 5.69 Å². The number of rotatable bonds is 3. The maximum absolute atomic E-state index is 9.72. The van der Waals surface area contributed by atoms with Crippen LogP contribution < -0.4 is 4.90 Å². The van der Waals surface area contributed by atoms with Crippen LogP contribution in [0.25, 0.3) is 0 Å².